The van der Waals surface area contributed by atoms with Crippen molar-refractivity contribution >= 4 is 17.6 Å². The lowest BCUT2D eigenvalue weighted by Gasteiger charge is -2.13. The molecular weight excluding hydrogens is 214 g/mol. The fourth-order valence-corrected chi connectivity index (χ4v) is 1.84. The van der Waals surface area contributed by atoms with Gasteiger partial charge in [0, 0.05) is 6.20 Å². The normalized spacial score (nSPS) is 17.2. The summed E-state index contributed by atoms with van der Waals surface area (Å²) in [4.78, 5) is 15.6. The van der Waals surface area contributed by atoms with Crippen molar-refractivity contribution in [3.63, 3.8) is 0 Å². The van der Waals surface area contributed by atoms with E-state index in [2.05, 4.69) is 4.98 Å². The van der Waals surface area contributed by atoms with Crippen molar-refractivity contribution in [3.05, 3.63) is 29.0 Å². The largest absolute Gasteiger partial charge is 0.469 e. The Kier molecular flexibility index (Phi) is 2.91. The van der Waals surface area contributed by atoms with E-state index < -0.39 is 0 Å². The lowest BCUT2D eigenvalue weighted by atomic mass is 9.96. The molecule has 80 valence electrons. The van der Waals surface area contributed by atoms with E-state index in [4.69, 9.17) is 16.3 Å². The highest BCUT2D eigenvalue weighted by molar-refractivity contribution is 6.29. The van der Waals surface area contributed by atoms with Crippen molar-refractivity contribution in [2.45, 2.75) is 18.8 Å². The Bertz CT molecular complexity index is 359. The lowest BCUT2D eigenvalue weighted by molar-refractivity contribution is -0.143. The fourth-order valence-electron chi connectivity index (χ4n) is 1.73. The first-order valence-corrected chi connectivity index (χ1v) is 5.29. The van der Waals surface area contributed by atoms with Gasteiger partial charge in [-0.3, -0.25) is 4.79 Å². The monoisotopic (exact) mass is 225 g/mol. The molecule has 4 heteroatoms. The van der Waals surface area contributed by atoms with Crippen molar-refractivity contribution in [1.82, 2.24) is 4.98 Å². The van der Waals surface area contributed by atoms with E-state index in [1.165, 1.54) is 7.11 Å². The number of esters is 1. The van der Waals surface area contributed by atoms with Crippen LogP contribution < -0.4 is 0 Å². The molecule has 0 N–H and O–H groups in total. The van der Waals surface area contributed by atoms with E-state index in [-0.39, 0.29) is 11.9 Å². The molecule has 1 aliphatic rings. The molecule has 1 saturated carbocycles. The number of nitrogens with zero attached hydrogens (tertiary/aromatic N) is 1. The van der Waals surface area contributed by atoms with Gasteiger partial charge < -0.3 is 4.74 Å². The second-order valence-corrected chi connectivity index (χ2v) is 4.14. The average molecular weight is 226 g/mol. The molecule has 0 bridgehead atoms. The molecule has 0 aromatic carbocycles. The van der Waals surface area contributed by atoms with Gasteiger partial charge in [-0.05, 0) is 30.4 Å². The number of hydrogen-bond acceptors (Lipinski definition) is 3. The van der Waals surface area contributed by atoms with Crippen LogP contribution in [0.1, 0.15) is 24.3 Å². The maximum atomic E-state index is 11.6. The smallest absolute Gasteiger partial charge is 0.313 e. The van der Waals surface area contributed by atoms with Crippen LogP contribution in [-0.4, -0.2) is 18.1 Å². The molecular formula is C11H12ClNO2. The van der Waals surface area contributed by atoms with E-state index >= 15 is 0 Å². The van der Waals surface area contributed by atoms with E-state index in [0.717, 1.165) is 18.4 Å². The molecule has 1 atom stereocenters. The van der Waals surface area contributed by atoms with Crippen LogP contribution in [0.4, 0.5) is 0 Å². The van der Waals surface area contributed by atoms with Gasteiger partial charge in [-0.15, -0.1) is 0 Å². The van der Waals surface area contributed by atoms with E-state index in [1.54, 1.807) is 12.3 Å². The SMILES string of the molecule is COC(=O)C(c1ccc(Cl)nc1)C1CC1. The minimum absolute atomic E-state index is 0.167. The van der Waals surface area contributed by atoms with Crippen LogP contribution in [0.3, 0.4) is 0 Å². The zero-order chi connectivity index (χ0) is 10.8. The van der Waals surface area contributed by atoms with Crippen molar-refractivity contribution in [1.29, 1.82) is 0 Å². The Balaban J connectivity index is 2.24. The first-order chi connectivity index (χ1) is 7.22. The van der Waals surface area contributed by atoms with Gasteiger partial charge in [0.1, 0.15) is 5.15 Å². The number of methoxy groups -OCH3 is 1. The lowest BCUT2D eigenvalue weighted by Crippen LogP contribution is -2.16. The summed E-state index contributed by atoms with van der Waals surface area (Å²) in [5.74, 6) is 0.0711. The van der Waals surface area contributed by atoms with E-state index in [9.17, 15) is 4.79 Å². The minimum Gasteiger partial charge on any atom is -0.469 e. The van der Waals surface area contributed by atoms with Gasteiger partial charge in [0.05, 0.1) is 13.0 Å². The number of ether oxygens (including phenoxy) is 1. The molecule has 1 unspecified atom stereocenters. The molecule has 3 nitrogen and oxygen atoms in total. The minimum atomic E-state index is -0.179. The summed E-state index contributed by atoms with van der Waals surface area (Å²) in [6.45, 7) is 0. The third-order valence-electron chi connectivity index (χ3n) is 2.66. The summed E-state index contributed by atoms with van der Waals surface area (Å²) in [7, 11) is 1.42. The second kappa shape index (κ2) is 4.19. The molecule has 1 aromatic heterocycles. The summed E-state index contributed by atoms with van der Waals surface area (Å²) in [6.07, 6.45) is 3.83. The van der Waals surface area contributed by atoms with E-state index in [0.29, 0.717) is 11.1 Å². The molecule has 15 heavy (non-hydrogen) atoms. The van der Waals surface area contributed by atoms with Crippen LogP contribution in [0, 0.1) is 5.92 Å². The molecule has 0 saturated heterocycles. The van der Waals surface area contributed by atoms with Gasteiger partial charge in [0.15, 0.2) is 0 Å². The number of aromatic nitrogens is 1. The summed E-state index contributed by atoms with van der Waals surface area (Å²) >= 11 is 5.70. The average Bonchev–Trinajstić information content (AvgIpc) is 3.05. The van der Waals surface area contributed by atoms with Gasteiger partial charge in [0.25, 0.3) is 0 Å². The number of carbonyl (C=O) groups excluding carboxylic acids is 1. The van der Waals surface area contributed by atoms with Crippen LogP contribution in [0.5, 0.6) is 0 Å². The molecule has 1 aromatic rings. The van der Waals surface area contributed by atoms with Crippen molar-refractivity contribution in [2.24, 2.45) is 5.92 Å². The number of halogens is 1. The molecule has 1 heterocycles. The van der Waals surface area contributed by atoms with Crippen LogP contribution in [-0.2, 0) is 9.53 Å². The van der Waals surface area contributed by atoms with Gasteiger partial charge in [-0.25, -0.2) is 4.98 Å². The van der Waals surface area contributed by atoms with Gasteiger partial charge in [0.2, 0.25) is 0 Å². The van der Waals surface area contributed by atoms with Crippen LogP contribution in [0.2, 0.25) is 5.15 Å². The molecule has 0 aliphatic heterocycles. The highest BCUT2D eigenvalue weighted by Crippen LogP contribution is 2.43. The maximum Gasteiger partial charge on any atom is 0.313 e. The van der Waals surface area contributed by atoms with Gasteiger partial charge in [-0.2, -0.15) is 0 Å². The van der Waals surface area contributed by atoms with Gasteiger partial charge >= 0.3 is 5.97 Å². The Morgan fingerprint density at radius 1 is 1.60 bits per heavy atom. The Morgan fingerprint density at radius 2 is 2.33 bits per heavy atom. The Hall–Kier alpha value is -1.09. The summed E-state index contributed by atoms with van der Waals surface area (Å²) in [6, 6.07) is 3.55. The molecule has 0 amide bonds. The molecule has 1 aliphatic carbocycles. The van der Waals surface area contributed by atoms with E-state index in [1.807, 2.05) is 6.07 Å². The van der Waals surface area contributed by atoms with Crippen molar-refractivity contribution < 1.29 is 9.53 Å². The number of carbonyl (C=O) groups is 1. The quantitative estimate of drug-likeness (QED) is 0.586. The standard InChI is InChI=1S/C11H12ClNO2/c1-15-11(14)10(7-2-3-7)8-4-5-9(12)13-6-8/h4-7,10H,2-3H2,1H3. The zero-order valence-electron chi connectivity index (χ0n) is 8.44. The third kappa shape index (κ3) is 2.29. The second-order valence-electron chi connectivity index (χ2n) is 3.75. The summed E-state index contributed by atoms with van der Waals surface area (Å²) in [5.41, 5.74) is 0.897. The van der Waals surface area contributed by atoms with Crippen LogP contribution >= 0.6 is 11.6 Å². The summed E-state index contributed by atoms with van der Waals surface area (Å²) in [5, 5.41) is 0.443. The first-order valence-electron chi connectivity index (χ1n) is 4.91. The van der Waals surface area contributed by atoms with Crippen LogP contribution in [0.15, 0.2) is 18.3 Å². The number of pyridine rings is 1. The molecule has 0 spiro atoms. The maximum absolute atomic E-state index is 11.6. The zero-order valence-corrected chi connectivity index (χ0v) is 9.20. The number of hydrogen-bond donors (Lipinski definition) is 0. The van der Waals surface area contributed by atoms with Crippen LogP contribution in [0.25, 0.3) is 0 Å². The molecule has 0 radical (unpaired) electrons. The van der Waals surface area contributed by atoms with Crippen molar-refractivity contribution in [3.8, 4) is 0 Å². The Morgan fingerprint density at radius 3 is 2.80 bits per heavy atom. The highest BCUT2D eigenvalue weighted by Gasteiger charge is 2.38. The number of rotatable bonds is 3. The molecule has 1 fully saturated rings. The predicted molar refractivity (Wildman–Crippen MR) is 56.7 cm³/mol. The molecule has 2 rings (SSSR count). The predicted octanol–water partition coefficient (Wildman–Crippen LogP) is 2.40. The first kappa shape index (κ1) is 10.4. The highest BCUT2D eigenvalue weighted by atomic mass is 35.5. The van der Waals surface area contributed by atoms with Gasteiger partial charge in [-0.1, -0.05) is 17.7 Å². The third-order valence-corrected chi connectivity index (χ3v) is 2.88. The van der Waals surface area contributed by atoms with Crippen molar-refractivity contribution in [2.75, 3.05) is 7.11 Å². The summed E-state index contributed by atoms with van der Waals surface area (Å²) < 4.78 is 4.80. The fraction of sp³-hybridized carbons (Fsp3) is 0.455. The Labute approximate surface area is 93.4 Å². The topological polar surface area (TPSA) is 39.2 Å².